The summed E-state index contributed by atoms with van der Waals surface area (Å²) in [7, 11) is 0. The lowest BCUT2D eigenvalue weighted by molar-refractivity contribution is -0.154. The average Bonchev–Trinajstić information content (AvgIpc) is 3.08. The number of carbonyl (C=O) groups is 1. The van der Waals surface area contributed by atoms with Crippen molar-refractivity contribution in [2.45, 2.75) is 63.9 Å². The fraction of sp³-hybridized carbons (Fsp3) is 0.577. The van der Waals surface area contributed by atoms with Gasteiger partial charge < -0.3 is 24.3 Å². The van der Waals surface area contributed by atoms with Crippen LogP contribution >= 0.6 is 0 Å². The number of nitrogens with one attached hydrogen (secondary N) is 1. The van der Waals surface area contributed by atoms with E-state index in [1.165, 1.54) is 16.7 Å². The molecule has 0 aliphatic carbocycles. The lowest BCUT2D eigenvalue weighted by atomic mass is 10.0. The van der Waals surface area contributed by atoms with Crippen LogP contribution in [0.1, 0.15) is 47.9 Å². The van der Waals surface area contributed by atoms with Gasteiger partial charge in [-0.05, 0) is 44.2 Å². The summed E-state index contributed by atoms with van der Waals surface area (Å²) in [6.45, 7) is 3.80. The molecular formula is C26H33F3N4O4. The number of ether oxygens (including phenoxy) is 2. The summed E-state index contributed by atoms with van der Waals surface area (Å²) in [4.78, 5) is 31.3. The van der Waals surface area contributed by atoms with Crippen LogP contribution in [0.25, 0.3) is 0 Å². The Morgan fingerprint density at radius 3 is 2.73 bits per heavy atom. The highest BCUT2D eigenvalue weighted by molar-refractivity contribution is 5.92. The number of rotatable bonds is 8. The first-order chi connectivity index (χ1) is 17.7. The molecule has 1 saturated heterocycles. The number of nitrogens with zero attached hydrogens (tertiary/aromatic N) is 3. The van der Waals surface area contributed by atoms with Gasteiger partial charge in [0.15, 0.2) is 6.61 Å². The van der Waals surface area contributed by atoms with Gasteiger partial charge in [-0.3, -0.25) is 9.59 Å². The van der Waals surface area contributed by atoms with Crippen molar-refractivity contribution in [3.63, 3.8) is 0 Å². The van der Waals surface area contributed by atoms with Gasteiger partial charge in [-0.2, -0.15) is 13.2 Å². The van der Waals surface area contributed by atoms with Gasteiger partial charge in [-0.15, -0.1) is 0 Å². The minimum atomic E-state index is -4.39. The van der Waals surface area contributed by atoms with E-state index >= 15 is 0 Å². The van der Waals surface area contributed by atoms with Crippen LogP contribution in [0.3, 0.4) is 0 Å². The topological polar surface area (TPSA) is 85.7 Å². The standard InChI is InChI=1S/C26H33F3N4O4/c1-2-33-22(4-3-5-24(33)34)25(35)30-19-7-8-20(36-16-19)11-14-32-13-10-18-6-9-23(31-21(18)12-15-32)37-17-26(27,28)29/h3-6,9,19-20H,2,7-8,10-17H2,1H3,(H,30,35)/t19-,20+/m0/s1. The fourth-order valence-electron chi connectivity index (χ4n) is 4.85. The second-order valence-corrected chi connectivity index (χ2v) is 9.49. The van der Waals surface area contributed by atoms with Crippen LogP contribution in [0, 0.1) is 0 Å². The van der Waals surface area contributed by atoms with E-state index in [0.29, 0.717) is 25.3 Å². The number of carbonyl (C=O) groups excluding carboxylic acids is 1. The van der Waals surface area contributed by atoms with Crippen molar-refractivity contribution in [1.29, 1.82) is 0 Å². The van der Waals surface area contributed by atoms with E-state index in [2.05, 4.69) is 15.2 Å². The molecule has 0 saturated carbocycles. The number of halogens is 3. The molecule has 0 radical (unpaired) electrons. The van der Waals surface area contributed by atoms with Crippen molar-refractivity contribution in [3.05, 3.63) is 57.6 Å². The van der Waals surface area contributed by atoms with Crippen molar-refractivity contribution in [3.8, 4) is 5.88 Å². The number of hydrogen-bond acceptors (Lipinski definition) is 6. The minimum Gasteiger partial charge on any atom is -0.468 e. The molecule has 4 rings (SSSR count). The number of pyridine rings is 2. The molecule has 0 bridgehead atoms. The second-order valence-electron chi connectivity index (χ2n) is 9.49. The molecule has 1 amide bonds. The minimum absolute atomic E-state index is 0.00650. The molecule has 202 valence electrons. The summed E-state index contributed by atoms with van der Waals surface area (Å²) >= 11 is 0. The fourth-order valence-corrected chi connectivity index (χ4v) is 4.85. The molecule has 11 heteroatoms. The van der Waals surface area contributed by atoms with Crippen molar-refractivity contribution < 1.29 is 27.4 Å². The largest absolute Gasteiger partial charge is 0.468 e. The summed E-state index contributed by atoms with van der Waals surface area (Å²) in [6, 6.07) is 7.90. The van der Waals surface area contributed by atoms with Crippen molar-refractivity contribution >= 4 is 5.91 Å². The lowest BCUT2D eigenvalue weighted by Crippen LogP contribution is -2.44. The zero-order valence-corrected chi connectivity index (χ0v) is 20.9. The number of hydrogen-bond donors (Lipinski definition) is 1. The van der Waals surface area contributed by atoms with Gasteiger partial charge in [0.2, 0.25) is 5.88 Å². The van der Waals surface area contributed by atoms with E-state index in [1.54, 1.807) is 12.1 Å². The van der Waals surface area contributed by atoms with E-state index in [-0.39, 0.29) is 29.5 Å². The van der Waals surface area contributed by atoms with Crippen LogP contribution < -0.4 is 15.6 Å². The molecule has 2 aromatic heterocycles. The lowest BCUT2D eigenvalue weighted by Gasteiger charge is -2.31. The third-order valence-corrected chi connectivity index (χ3v) is 6.86. The monoisotopic (exact) mass is 522 g/mol. The number of amides is 1. The maximum Gasteiger partial charge on any atom is 0.422 e. The Hall–Kier alpha value is -2.92. The first-order valence-corrected chi connectivity index (χ1v) is 12.7. The maximum atomic E-state index is 12.7. The Balaban J connectivity index is 1.20. The Morgan fingerprint density at radius 2 is 2.00 bits per heavy atom. The molecule has 2 atom stereocenters. The molecule has 0 unspecified atom stereocenters. The molecule has 1 N–H and O–H groups in total. The molecule has 37 heavy (non-hydrogen) atoms. The Kier molecular flexibility index (Phi) is 8.86. The summed E-state index contributed by atoms with van der Waals surface area (Å²) in [5, 5.41) is 2.99. The third kappa shape index (κ3) is 7.54. The molecule has 0 spiro atoms. The van der Waals surface area contributed by atoms with Crippen LogP contribution in [0.5, 0.6) is 5.88 Å². The maximum absolute atomic E-state index is 12.7. The van der Waals surface area contributed by atoms with Crippen molar-refractivity contribution in [2.24, 2.45) is 0 Å². The summed E-state index contributed by atoms with van der Waals surface area (Å²) < 4.78 is 49.6. The highest BCUT2D eigenvalue weighted by Gasteiger charge is 2.29. The Bertz CT molecular complexity index is 1130. The molecule has 0 aromatic carbocycles. The van der Waals surface area contributed by atoms with E-state index < -0.39 is 12.8 Å². The van der Waals surface area contributed by atoms with Crippen LogP contribution in [-0.4, -0.2) is 71.5 Å². The number of fused-ring (bicyclic) bond motifs is 1. The van der Waals surface area contributed by atoms with E-state index in [1.807, 2.05) is 13.0 Å². The molecule has 4 heterocycles. The van der Waals surface area contributed by atoms with Crippen LogP contribution in [0.2, 0.25) is 0 Å². The van der Waals surface area contributed by atoms with Gasteiger partial charge in [-0.1, -0.05) is 12.1 Å². The number of aromatic nitrogens is 2. The molecule has 2 aliphatic rings. The third-order valence-electron chi connectivity index (χ3n) is 6.86. The predicted molar refractivity (Wildman–Crippen MR) is 131 cm³/mol. The normalized spacial score (nSPS) is 20.6. The van der Waals surface area contributed by atoms with Gasteiger partial charge >= 0.3 is 6.18 Å². The van der Waals surface area contributed by atoms with Crippen LogP contribution in [-0.2, 0) is 24.1 Å². The zero-order chi connectivity index (χ0) is 26.4. The van der Waals surface area contributed by atoms with Gasteiger partial charge in [0.25, 0.3) is 11.5 Å². The first-order valence-electron chi connectivity index (χ1n) is 12.7. The summed E-state index contributed by atoms with van der Waals surface area (Å²) in [5.74, 6) is -0.261. The average molecular weight is 523 g/mol. The first kappa shape index (κ1) is 27.1. The van der Waals surface area contributed by atoms with Crippen molar-refractivity contribution in [1.82, 2.24) is 19.8 Å². The van der Waals surface area contributed by atoms with Gasteiger partial charge in [0.05, 0.1) is 18.8 Å². The van der Waals surface area contributed by atoms with Gasteiger partial charge in [0.1, 0.15) is 5.69 Å². The molecule has 2 aliphatic heterocycles. The SMILES string of the molecule is CCn1c(C(=O)N[C@H]2CC[C@H](CCN3CCc4ccc(OCC(F)(F)F)nc4CC3)OC2)cccc1=O. The van der Waals surface area contributed by atoms with Crippen LogP contribution in [0.4, 0.5) is 13.2 Å². The highest BCUT2D eigenvalue weighted by atomic mass is 19.4. The summed E-state index contributed by atoms with van der Waals surface area (Å²) in [6.07, 6.45) is -0.363. The van der Waals surface area contributed by atoms with Gasteiger partial charge in [0, 0.05) is 50.4 Å². The molecule has 8 nitrogen and oxygen atoms in total. The Labute approximate surface area is 213 Å². The van der Waals surface area contributed by atoms with E-state index in [9.17, 15) is 22.8 Å². The van der Waals surface area contributed by atoms with Crippen molar-refractivity contribution in [2.75, 3.05) is 32.8 Å². The quantitative estimate of drug-likeness (QED) is 0.574. The summed E-state index contributed by atoms with van der Waals surface area (Å²) in [5.41, 5.74) is 1.99. The van der Waals surface area contributed by atoms with Crippen LogP contribution in [0.15, 0.2) is 35.1 Å². The zero-order valence-electron chi connectivity index (χ0n) is 20.9. The van der Waals surface area contributed by atoms with E-state index in [4.69, 9.17) is 9.47 Å². The second kappa shape index (κ2) is 12.1. The smallest absolute Gasteiger partial charge is 0.422 e. The Morgan fingerprint density at radius 1 is 1.19 bits per heavy atom. The van der Waals surface area contributed by atoms with Gasteiger partial charge in [-0.25, -0.2) is 4.98 Å². The highest BCUT2D eigenvalue weighted by Crippen LogP contribution is 2.22. The number of alkyl halides is 3. The molecule has 2 aromatic rings. The molecule has 1 fully saturated rings. The van der Waals surface area contributed by atoms with E-state index in [0.717, 1.165) is 56.6 Å². The predicted octanol–water partition coefficient (Wildman–Crippen LogP) is 2.97. The molecular weight excluding hydrogens is 489 g/mol.